The Labute approximate surface area is 112 Å². The van der Waals surface area contributed by atoms with Crippen LogP contribution in [0.3, 0.4) is 0 Å². The lowest BCUT2D eigenvalue weighted by Gasteiger charge is -2.22. The first kappa shape index (κ1) is 14.0. The first-order chi connectivity index (χ1) is 8.87. The number of rotatable bonds is 4. The van der Waals surface area contributed by atoms with Crippen molar-refractivity contribution in [2.45, 2.75) is 25.8 Å². The molecule has 19 heavy (non-hydrogen) atoms. The molecule has 0 saturated carbocycles. The van der Waals surface area contributed by atoms with Crippen LogP contribution in [0.1, 0.15) is 30.3 Å². The van der Waals surface area contributed by atoms with E-state index in [0.717, 1.165) is 24.8 Å². The summed E-state index contributed by atoms with van der Waals surface area (Å²) in [5, 5.41) is 3.82. The SMILES string of the molecule is Cc1cc(C2CCCN2C(=O)CNS(C)(=O)=O)on1. The van der Waals surface area contributed by atoms with Gasteiger partial charge in [-0.25, -0.2) is 13.1 Å². The van der Waals surface area contributed by atoms with E-state index in [2.05, 4.69) is 9.88 Å². The summed E-state index contributed by atoms with van der Waals surface area (Å²) in [6.45, 7) is 2.20. The Morgan fingerprint density at radius 3 is 2.95 bits per heavy atom. The van der Waals surface area contributed by atoms with Crippen molar-refractivity contribution >= 4 is 15.9 Å². The second-order valence-corrected chi connectivity index (χ2v) is 6.54. The predicted octanol–water partition coefficient (Wildman–Crippen LogP) is 0.196. The summed E-state index contributed by atoms with van der Waals surface area (Å²) in [5.74, 6) is 0.407. The summed E-state index contributed by atoms with van der Waals surface area (Å²) in [6.07, 6.45) is 2.70. The average molecular weight is 287 g/mol. The minimum Gasteiger partial charge on any atom is -0.359 e. The molecule has 1 saturated heterocycles. The van der Waals surface area contributed by atoms with Crippen LogP contribution in [0.4, 0.5) is 0 Å². The molecule has 1 aromatic heterocycles. The van der Waals surface area contributed by atoms with Gasteiger partial charge in [0.05, 0.1) is 24.5 Å². The summed E-state index contributed by atoms with van der Waals surface area (Å²) < 4.78 is 29.4. The van der Waals surface area contributed by atoms with Gasteiger partial charge in [-0.2, -0.15) is 0 Å². The monoisotopic (exact) mass is 287 g/mol. The lowest BCUT2D eigenvalue weighted by molar-refractivity contribution is -0.131. The van der Waals surface area contributed by atoms with E-state index >= 15 is 0 Å². The molecule has 1 fully saturated rings. The van der Waals surface area contributed by atoms with Crippen molar-refractivity contribution in [2.75, 3.05) is 19.3 Å². The highest BCUT2D eigenvalue weighted by molar-refractivity contribution is 7.88. The van der Waals surface area contributed by atoms with Crippen molar-refractivity contribution in [2.24, 2.45) is 0 Å². The second kappa shape index (κ2) is 5.30. The van der Waals surface area contributed by atoms with Crippen LogP contribution in [0.2, 0.25) is 0 Å². The van der Waals surface area contributed by atoms with E-state index in [1.54, 1.807) is 11.0 Å². The largest absolute Gasteiger partial charge is 0.359 e. The predicted molar refractivity (Wildman–Crippen MR) is 67.8 cm³/mol. The maximum atomic E-state index is 12.0. The lowest BCUT2D eigenvalue weighted by atomic mass is 10.1. The summed E-state index contributed by atoms with van der Waals surface area (Å²) >= 11 is 0. The Bertz CT molecular complexity index is 566. The highest BCUT2D eigenvalue weighted by Gasteiger charge is 2.32. The minimum atomic E-state index is -3.36. The van der Waals surface area contributed by atoms with Gasteiger partial charge in [-0.05, 0) is 19.8 Å². The Balaban J connectivity index is 2.04. The standard InChI is InChI=1S/C11H17N3O4S/c1-8-6-10(18-13-8)9-4-3-5-14(9)11(15)7-12-19(2,16)17/h6,9,12H,3-5,7H2,1-2H3. The number of aromatic nitrogens is 1. The van der Waals surface area contributed by atoms with Gasteiger partial charge in [0.15, 0.2) is 5.76 Å². The van der Waals surface area contributed by atoms with Crippen LogP contribution >= 0.6 is 0 Å². The number of hydrogen-bond acceptors (Lipinski definition) is 5. The summed E-state index contributed by atoms with van der Waals surface area (Å²) in [5.41, 5.74) is 0.767. The van der Waals surface area contributed by atoms with Crippen molar-refractivity contribution in [3.8, 4) is 0 Å². The van der Waals surface area contributed by atoms with E-state index in [-0.39, 0.29) is 18.5 Å². The molecule has 106 valence electrons. The van der Waals surface area contributed by atoms with Gasteiger partial charge in [-0.3, -0.25) is 4.79 Å². The molecule has 0 spiro atoms. The highest BCUT2D eigenvalue weighted by atomic mass is 32.2. The van der Waals surface area contributed by atoms with Crippen molar-refractivity contribution in [3.63, 3.8) is 0 Å². The average Bonchev–Trinajstić information content (AvgIpc) is 2.92. The molecule has 0 radical (unpaired) electrons. The number of amides is 1. The number of hydrogen-bond donors (Lipinski definition) is 1. The molecule has 0 aromatic carbocycles. The van der Waals surface area contributed by atoms with Gasteiger partial charge >= 0.3 is 0 Å². The topological polar surface area (TPSA) is 92.5 Å². The van der Waals surface area contributed by atoms with Crippen LogP contribution in [0.15, 0.2) is 10.6 Å². The van der Waals surface area contributed by atoms with E-state index in [1.807, 2.05) is 6.92 Å². The molecule has 1 amide bonds. The Hall–Kier alpha value is -1.41. The smallest absolute Gasteiger partial charge is 0.238 e. The van der Waals surface area contributed by atoms with Gasteiger partial charge in [-0.15, -0.1) is 0 Å². The molecule has 0 aliphatic carbocycles. The molecule has 1 unspecified atom stereocenters. The molecule has 2 heterocycles. The molecule has 1 aromatic rings. The Morgan fingerprint density at radius 2 is 2.37 bits per heavy atom. The maximum absolute atomic E-state index is 12.0. The fourth-order valence-electron chi connectivity index (χ4n) is 2.20. The van der Waals surface area contributed by atoms with Gasteiger partial charge in [0.2, 0.25) is 15.9 Å². The molecule has 0 bridgehead atoms. The molecule has 1 N–H and O–H groups in total. The highest BCUT2D eigenvalue weighted by Crippen LogP contribution is 2.32. The first-order valence-corrected chi connectivity index (χ1v) is 7.93. The number of nitrogens with zero attached hydrogens (tertiary/aromatic N) is 2. The van der Waals surface area contributed by atoms with Crippen LogP contribution in [0, 0.1) is 6.92 Å². The zero-order valence-corrected chi connectivity index (χ0v) is 11.7. The van der Waals surface area contributed by atoms with E-state index in [0.29, 0.717) is 12.3 Å². The molecule has 2 rings (SSSR count). The third-order valence-corrected chi connectivity index (χ3v) is 3.70. The van der Waals surface area contributed by atoms with E-state index in [1.165, 1.54) is 0 Å². The molecule has 8 heteroatoms. The van der Waals surface area contributed by atoms with Gasteiger partial charge in [0.25, 0.3) is 0 Å². The molecular weight excluding hydrogens is 270 g/mol. The Kier molecular flexibility index (Phi) is 3.91. The number of sulfonamides is 1. The van der Waals surface area contributed by atoms with E-state index in [4.69, 9.17) is 4.52 Å². The van der Waals surface area contributed by atoms with Crippen LogP contribution < -0.4 is 4.72 Å². The molecule has 1 atom stereocenters. The minimum absolute atomic E-state index is 0.143. The summed E-state index contributed by atoms with van der Waals surface area (Å²) in [7, 11) is -3.36. The first-order valence-electron chi connectivity index (χ1n) is 6.04. The molecule has 1 aliphatic heterocycles. The number of aryl methyl sites for hydroxylation is 1. The maximum Gasteiger partial charge on any atom is 0.238 e. The van der Waals surface area contributed by atoms with Crippen LogP contribution in [-0.2, 0) is 14.8 Å². The van der Waals surface area contributed by atoms with Gasteiger partial charge < -0.3 is 9.42 Å². The number of carbonyl (C=O) groups is 1. The zero-order valence-electron chi connectivity index (χ0n) is 10.9. The normalized spacial score (nSPS) is 19.9. The van der Waals surface area contributed by atoms with Gasteiger partial charge in [0, 0.05) is 12.6 Å². The van der Waals surface area contributed by atoms with E-state index < -0.39 is 10.0 Å². The number of nitrogens with one attached hydrogen (secondary N) is 1. The Morgan fingerprint density at radius 1 is 1.63 bits per heavy atom. The molecule has 7 nitrogen and oxygen atoms in total. The number of carbonyl (C=O) groups excluding carboxylic acids is 1. The van der Waals surface area contributed by atoms with Gasteiger partial charge in [0.1, 0.15) is 0 Å². The fraction of sp³-hybridized carbons (Fsp3) is 0.636. The third-order valence-electron chi connectivity index (χ3n) is 3.03. The van der Waals surface area contributed by atoms with Crippen molar-refractivity contribution in [1.29, 1.82) is 0 Å². The molecular formula is C11H17N3O4S. The third kappa shape index (κ3) is 3.54. The van der Waals surface area contributed by atoms with Crippen LogP contribution in [0.5, 0.6) is 0 Å². The van der Waals surface area contributed by atoms with Gasteiger partial charge in [-0.1, -0.05) is 5.16 Å². The second-order valence-electron chi connectivity index (χ2n) is 4.71. The van der Waals surface area contributed by atoms with Crippen molar-refractivity contribution in [1.82, 2.24) is 14.8 Å². The lowest BCUT2D eigenvalue weighted by Crippen LogP contribution is -2.39. The summed E-state index contributed by atoms with van der Waals surface area (Å²) in [4.78, 5) is 13.7. The van der Waals surface area contributed by atoms with Crippen molar-refractivity contribution in [3.05, 3.63) is 17.5 Å². The molecule has 1 aliphatic rings. The fourth-order valence-corrected chi connectivity index (χ4v) is 2.58. The van der Waals surface area contributed by atoms with Crippen molar-refractivity contribution < 1.29 is 17.7 Å². The quantitative estimate of drug-likeness (QED) is 0.853. The summed E-state index contributed by atoms with van der Waals surface area (Å²) in [6, 6.07) is 1.66. The number of likely N-dealkylation sites (tertiary alicyclic amines) is 1. The zero-order chi connectivity index (χ0) is 14.0. The van der Waals surface area contributed by atoms with E-state index in [9.17, 15) is 13.2 Å². The van der Waals surface area contributed by atoms with Crippen LogP contribution in [0.25, 0.3) is 0 Å². The van der Waals surface area contributed by atoms with Crippen LogP contribution in [-0.4, -0.2) is 43.7 Å².